The Balaban J connectivity index is 2.53. The molecule has 106 valence electrons. The van der Waals surface area contributed by atoms with Crippen molar-refractivity contribution in [3.05, 3.63) is 29.8 Å². The SMILES string of the molecule is CCCOc1cccc(CNC(CCC)C(=O)O)c1. The quantitative estimate of drug-likeness (QED) is 0.721. The van der Waals surface area contributed by atoms with Crippen LogP contribution in [0, 0.1) is 0 Å². The van der Waals surface area contributed by atoms with Crippen LogP contribution in [0.3, 0.4) is 0 Å². The molecule has 4 nitrogen and oxygen atoms in total. The van der Waals surface area contributed by atoms with Crippen LogP contribution >= 0.6 is 0 Å². The van der Waals surface area contributed by atoms with Gasteiger partial charge in [0.15, 0.2) is 0 Å². The Hall–Kier alpha value is -1.55. The average molecular weight is 265 g/mol. The summed E-state index contributed by atoms with van der Waals surface area (Å²) in [6.45, 7) is 5.29. The van der Waals surface area contributed by atoms with Crippen molar-refractivity contribution in [3.63, 3.8) is 0 Å². The summed E-state index contributed by atoms with van der Waals surface area (Å²) in [7, 11) is 0. The number of carboxylic acids is 1. The molecular weight excluding hydrogens is 242 g/mol. The average Bonchev–Trinajstić information content (AvgIpc) is 2.41. The van der Waals surface area contributed by atoms with Crippen molar-refractivity contribution in [1.29, 1.82) is 0 Å². The number of carboxylic acid groups (broad SMARTS) is 1. The number of benzene rings is 1. The van der Waals surface area contributed by atoms with E-state index < -0.39 is 12.0 Å². The van der Waals surface area contributed by atoms with E-state index in [4.69, 9.17) is 9.84 Å². The van der Waals surface area contributed by atoms with Gasteiger partial charge in [0.1, 0.15) is 11.8 Å². The first-order chi connectivity index (χ1) is 9.17. The second kappa shape index (κ2) is 8.53. The molecule has 4 heteroatoms. The zero-order valence-electron chi connectivity index (χ0n) is 11.7. The van der Waals surface area contributed by atoms with E-state index in [-0.39, 0.29) is 0 Å². The van der Waals surface area contributed by atoms with Crippen LogP contribution in [-0.2, 0) is 11.3 Å². The largest absolute Gasteiger partial charge is 0.494 e. The first kappa shape index (κ1) is 15.5. The summed E-state index contributed by atoms with van der Waals surface area (Å²) >= 11 is 0. The topological polar surface area (TPSA) is 58.6 Å². The van der Waals surface area contributed by atoms with E-state index in [1.165, 1.54) is 0 Å². The number of ether oxygens (including phenoxy) is 1. The van der Waals surface area contributed by atoms with Crippen molar-refractivity contribution in [2.24, 2.45) is 0 Å². The molecule has 1 aromatic rings. The molecule has 1 aromatic carbocycles. The molecule has 0 bridgehead atoms. The van der Waals surface area contributed by atoms with E-state index in [9.17, 15) is 4.79 Å². The van der Waals surface area contributed by atoms with Gasteiger partial charge in [-0.15, -0.1) is 0 Å². The van der Waals surface area contributed by atoms with Gasteiger partial charge >= 0.3 is 5.97 Å². The monoisotopic (exact) mass is 265 g/mol. The molecule has 0 saturated heterocycles. The molecule has 0 aliphatic heterocycles. The number of carbonyl (C=O) groups is 1. The number of hydrogen-bond donors (Lipinski definition) is 2. The maximum Gasteiger partial charge on any atom is 0.320 e. The molecule has 0 aliphatic rings. The lowest BCUT2D eigenvalue weighted by Gasteiger charge is -2.14. The summed E-state index contributed by atoms with van der Waals surface area (Å²) in [6.07, 6.45) is 2.46. The highest BCUT2D eigenvalue weighted by Gasteiger charge is 2.14. The van der Waals surface area contributed by atoms with Crippen LogP contribution in [0.2, 0.25) is 0 Å². The van der Waals surface area contributed by atoms with E-state index in [0.29, 0.717) is 19.6 Å². The van der Waals surface area contributed by atoms with Gasteiger partial charge in [0.2, 0.25) is 0 Å². The number of hydrogen-bond acceptors (Lipinski definition) is 3. The highest BCUT2D eigenvalue weighted by atomic mass is 16.5. The Morgan fingerprint density at radius 1 is 1.37 bits per heavy atom. The van der Waals surface area contributed by atoms with E-state index in [1.54, 1.807) is 0 Å². The molecule has 0 fully saturated rings. The molecular formula is C15H23NO3. The van der Waals surface area contributed by atoms with Crippen LogP contribution in [0.5, 0.6) is 5.75 Å². The fraction of sp³-hybridized carbons (Fsp3) is 0.533. The molecule has 1 rings (SSSR count). The minimum atomic E-state index is -0.791. The number of aliphatic carboxylic acids is 1. The van der Waals surface area contributed by atoms with Crippen molar-refractivity contribution in [3.8, 4) is 5.75 Å². The summed E-state index contributed by atoms with van der Waals surface area (Å²) in [5, 5.41) is 12.1. The van der Waals surface area contributed by atoms with Crippen LogP contribution < -0.4 is 10.1 Å². The van der Waals surface area contributed by atoms with Crippen molar-refractivity contribution in [2.45, 2.75) is 45.7 Å². The number of nitrogens with one attached hydrogen (secondary N) is 1. The van der Waals surface area contributed by atoms with E-state index >= 15 is 0 Å². The maximum absolute atomic E-state index is 11.0. The summed E-state index contributed by atoms with van der Waals surface area (Å²) in [5.74, 6) is 0.0451. The third-order valence-electron chi connectivity index (χ3n) is 2.80. The smallest absolute Gasteiger partial charge is 0.320 e. The normalized spacial score (nSPS) is 12.1. The standard InChI is InChI=1S/C15H23NO3/c1-3-6-14(15(17)18)16-11-12-7-5-8-13(10-12)19-9-4-2/h5,7-8,10,14,16H,3-4,6,9,11H2,1-2H3,(H,17,18). The van der Waals surface area contributed by atoms with Gasteiger partial charge in [-0.3, -0.25) is 4.79 Å². The number of rotatable bonds is 9. The summed E-state index contributed by atoms with van der Waals surface area (Å²) in [6, 6.07) is 7.28. The Morgan fingerprint density at radius 3 is 2.79 bits per heavy atom. The Kier molecular flexibility index (Phi) is 6.97. The predicted molar refractivity (Wildman–Crippen MR) is 75.4 cm³/mol. The predicted octanol–water partition coefficient (Wildman–Crippen LogP) is 2.82. The van der Waals surface area contributed by atoms with Gasteiger partial charge in [-0.2, -0.15) is 0 Å². The maximum atomic E-state index is 11.0. The molecule has 0 aromatic heterocycles. The second-order valence-corrected chi connectivity index (χ2v) is 4.56. The third kappa shape index (κ3) is 5.75. The molecule has 1 unspecified atom stereocenters. The van der Waals surface area contributed by atoms with Gasteiger partial charge in [0.05, 0.1) is 6.61 Å². The molecule has 0 aliphatic carbocycles. The van der Waals surface area contributed by atoms with Gasteiger partial charge < -0.3 is 15.2 Å². The van der Waals surface area contributed by atoms with Gasteiger partial charge in [0, 0.05) is 6.54 Å². The molecule has 0 amide bonds. The molecule has 0 radical (unpaired) electrons. The third-order valence-corrected chi connectivity index (χ3v) is 2.80. The van der Waals surface area contributed by atoms with Crippen LogP contribution in [0.25, 0.3) is 0 Å². The van der Waals surface area contributed by atoms with E-state index in [2.05, 4.69) is 12.2 Å². The highest BCUT2D eigenvalue weighted by molar-refractivity contribution is 5.73. The molecule has 0 spiro atoms. The first-order valence-electron chi connectivity index (χ1n) is 6.85. The summed E-state index contributed by atoms with van der Waals surface area (Å²) < 4.78 is 5.55. The lowest BCUT2D eigenvalue weighted by atomic mass is 10.1. The fourth-order valence-corrected chi connectivity index (χ4v) is 1.81. The van der Waals surface area contributed by atoms with Crippen molar-refractivity contribution < 1.29 is 14.6 Å². The molecule has 19 heavy (non-hydrogen) atoms. The van der Waals surface area contributed by atoms with Gasteiger partial charge in [0.25, 0.3) is 0 Å². The van der Waals surface area contributed by atoms with Gasteiger partial charge in [-0.05, 0) is 30.5 Å². The van der Waals surface area contributed by atoms with Gasteiger partial charge in [-0.25, -0.2) is 0 Å². The molecule has 0 saturated carbocycles. The van der Waals surface area contributed by atoms with Crippen molar-refractivity contribution in [2.75, 3.05) is 6.61 Å². The lowest BCUT2D eigenvalue weighted by molar-refractivity contribution is -0.139. The van der Waals surface area contributed by atoms with Crippen LogP contribution in [0.1, 0.15) is 38.7 Å². The zero-order valence-corrected chi connectivity index (χ0v) is 11.7. The summed E-state index contributed by atoms with van der Waals surface area (Å²) in [5.41, 5.74) is 1.04. The zero-order chi connectivity index (χ0) is 14.1. The van der Waals surface area contributed by atoms with E-state index in [1.807, 2.05) is 31.2 Å². The van der Waals surface area contributed by atoms with Crippen LogP contribution in [0.15, 0.2) is 24.3 Å². The first-order valence-corrected chi connectivity index (χ1v) is 6.85. The fourth-order valence-electron chi connectivity index (χ4n) is 1.81. The van der Waals surface area contributed by atoms with Crippen LogP contribution in [-0.4, -0.2) is 23.7 Å². The molecule has 0 heterocycles. The Labute approximate surface area is 114 Å². The second-order valence-electron chi connectivity index (χ2n) is 4.56. The van der Waals surface area contributed by atoms with Crippen LogP contribution in [0.4, 0.5) is 0 Å². The minimum Gasteiger partial charge on any atom is -0.494 e. The Morgan fingerprint density at radius 2 is 2.16 bits per heavy atom. The van der Waals surface area contributed by atoms with Crippen molar-refractivity contribution >= 4 is 5.97 Å². The highest BCUT2D eigenvalue weighted by Crippen LogP contribution is 2.13. The lowest BCUT2D eigenvalue weighted by Crippen LogP contribution is -2.35. The summed E-state index contributed by atoms with van der Waals surface area (Å²) in [4.78, 5) is 11.0. The Bertz CT molecular complexity index is 393. The van der Waals surface area contributed by atoms with Gasteiger partial charge in [-0.1, -0.05) is 32.4 Å². The molecule has 1 atom stereocenters. The molecule has 2 N–H and O–H groups in total. The van der Waals surface area contributed by atoms with E-state index in [0.717, 1.165) is 24.2 Å². The minimum absolute atomic E-state index is 0.481. The van der Waals surface area contributed by atoms with Crippen molar-refractivity contribution in [1.82, 2.24) is 5.32 Å².